The van der Waals surface area contributed by atoms with E-state index in [0.29, 0.717) is 13.1 Å². The number of imidazole rings is 1. The Morgan fingerprint density at radius 2 is 2.00 bits per heavy atom. The number of alkyl carbamates (subject to hydrolysis) is 1. The van der Waals surface area contributed by atoms with Crippen LogP contribution in [0.1, 0.15) is 31.4 Å². The Balaban J connectivity index is 2.16. The summed E-state index contributed by atoms with van der Waals surface area (Å²) < 4.78 is 5.04. The summed E-state index contributed by atoms with van der Waals surface area (Å²) in [5.74, 6) is -0.0711. The zero-order valence-electron chi connectivity index (χ0n) is 10.7. The number of aromatic nitrogens is 2. The highest BCUT2D eigenvalue weighted by atomic mass is 16.6. The summed E-state index contributed by atoms with van der Waals surface area (Å²) in [5, 5.41) is 5.13. The Kier molecular flexibility index (Phi) is 4.70. The van der Waals surface area contributed by atoms with E-state index >= 15 is 0 Å². The molecule has 0 atom stereocenters. The number of rotatable bonds is 4. The Labute approximate surface area is 105 Å². The second kappa shape index (κ2) is 6.04. The molecule has 100 valence electrons. The van der Waals surface area contributed by atoms with Crippen LogP contribution in [0.3, 0.4) is 0 Å². The lowest BCUT2D eigenvalue weighted by molar-refractivity contribution is 0.0526. The first-order chi connectivity index (χ1) is 8.38. The molecule has 0 aliphatic heterocycles. The fourth-order valence-corrected chi connectivity index (χ4v) is 1.13. The first-order valence-electron chi connectivity index (χ1n) is 5.63. The van der Waals surface area contributed by atoms with E-state index in [-0.39, 0.29) is 11.7 Å². The normalized spacial score (nSPS) is 10.8. The number of carbonyl (C=O) groups is 2. The van der Waals surface area contributed by atoms with E-state index in [9.17, 15) is 9.59 Å². The Bertz CT molecular complexity index is 395. The number of carbonyl (C=O) groups excluding carboxylic acids is 2. The van der Waals surface area contributed by atoms with Gasteiger partial charge in [0.05, 0.1) is 0 Å². The smallest absolute Gasteiger partial charge is 0.407 e. The molecule has 3 N–H and O–H groups in total. The largest absolute Gasteiger partial charge is 0.444 e. The highest BCUT2D eigenvalue weighted by Crippen LogP contribution is 2.05. The van der Waals surface area contributed by atoms with Gasteiger partial charge in [-0.25, -0.2) is 9.78 Å². The van der Waals surface area contributed by atoms with Gasteiger partial charge in [0.1, 0.15) is 5.60 Å². The first-order valence-corrected chi connectivity index (χ1v) is 5.63. The van der Waals surface area contributed by atoms with Crippen molar-refractivity contribution in [2.45, 2.75) is 26.4 Å². The molecule has 1 rings (SSSR count). The second-order valence-electron chi connectivity index (χ2n) is 4.62. The SMILES string of the molecule is CC(C)(C)OC(=O)NCCNC(=O)c1ncc[nH]1. The summed E-state index contributed by atoms with van der Waals surface area (Å²) in [6.07, 6.45) is 2.55. The number of nitrogens with zero attached hydrogens (tertiary/aromatic N) is 1. The van der Waals surface area contributed by atoms with Crippen LogP contribution in [-0.2, 0) is 4.74 Å². The van der Waals surface area contributed by atoms with E-state index in [1.165, 1.54) is 6.20 Å². The van der Waals surface area contributed by atoms with Crippen LogP contribution in [0.15, 0.2) is 12.4 Å². The number of ether oxygens (including phenoxy) is 1. The van der Waals surface area contributed by atoms with Crippen molar-refractivity contribution in [3.63, 3.8) is 0 Å². The maximum absolute atomic E-state index is 11.4. The second-order valence-corrected chi connectivity index (χ2v) is 4.62. The summed E-state index contributed by atoms with van der Waals surface area (Å²) >= 11 is 0. The zero-order valence-corrected chi connectivity index (χ0v) is 10.7. The summed E-state index contributed by atoms with van der Waals surface area (Å²) in [5.41, 5.74) is -0.526. The van der Waals surface area contributed by atoms with Crippen molar-refractivity contribution >= 4 is 12.0 Å². The predicted octanol–water partition coefficient (Wildman–Crippen LogP) is 0.664. The molecule has 0 saturated heterocycles. The fourth-order valence-electron chi connectivity index (χ4n) is 1.13. The number of aromatic amines is 1. The summed E-state index contributed by atoms with van der Waals surface area (Å²) in [4.78, 5) is 29.2. The number of H-pyrrole nitrogens is 1. The van der Waals surface area contributed by atoms with Gasteiger partial charge in [0.15, 0.2) is 5.82 Å². The van der Waals surface area contributed by atoms with Crippen LogP contribution in [0.25, 0.3) is 0 Å². The Hall–Kier alpha value is -2.05. The maximum atomic E-state index is 11.4. The molecule has 0 fully saturated rings. The lowest BCUT2D eigenvalue weighted by Gasteiger charge is -2.19. The van der Waals surface area contributed by atoms with Crippen molar-refractivity contribution in [2.75, 3.05) is 13.1 Å². The average Bonchev–Trinajstić information content (AvgIpc) is 2.74. The van der Waals surface area contributed by atoms with Gasteiger partial charge in [-0.15, -0.1) is 0 Å². The van der Waals surface area contributed by atoms with Crippen LogP contribution in [-0.4, -0.2) is 40.7 Å². The van der Waals surface area contributed by atoms with Crippen LogP contribution < -0.4 is 10.6 Å². The standard InChI is InChI=1S/C11H18N4O3/c1-11(2,3)18-10(17)15-7-6-14-9(16)8-12-4-5-13-8/h4-5H,6-7H2,1-3H3,(H,12,13)(H,14,16)(H,15,17). The first kappa shape index (κ1) is 14.0. The van der Waals surface area contributed by atoms with Gasteiger partial charge in [-0.2, -0.15) is 0 Å². The molecule has 0 aliphatic rings. The number of hydrogen-bond donors (Lipinski definition) is 3. The predicted molar refractivity (Wildman–Crippen MR) is 65.2 cm³/mol. The molecular weight excluding hydrogens is 236 g/mol. The molecule has 0 radical (unpaired) electrons. The molecule has 1 heterocycles. The van der Waals surface area contributed by atoms with Gasteiger partial charge >= 0.3 is 6.09 Å². The average molecular weight is 254 g/mol. The van der Waals surface area contributed by atoms with Crippen LogP contribution >= 0.6 is 0 Å². The van der Waals surface area contributed by atoms with Gasteiger partial charge in [-0.1, -0.05) is 0 Å². The van der Waals surface area contributed by atoms with Gasteiger partial charge in [0.25, 0.3) is 5.91 Å². The molecule has 1 aromatic heterocycles. The molecule has 1 aromatic rings. The molecule has 0 aliphatic carbocycles. The van der Waals surface area contributed by atoms with Crippen molar-refractivity contribution in [1.82, 2.24) is 20.6 Å². The van der Waals surface area contributed by atoms with E-state index in [1.54, 1.807) is 27.0 Å². The fraction of sp³-hybridized carbons (Fsp3) is 0.545. The molecular formula is C11H18N4O3. The Morgan fingerprint density at radius 1 is 1.33 bits per heavy atom. The van der Waals surface area contributed by atoms with E-state index in [2.05, 4.69) is 20.6 Å². The summed E-state index contributed by atoms with van der Waals surface area (Å²) in [6.45, 7) is 5.95. The van der Waals surface area contributed by atoms with Gasteiger partial charge < -0.3 is 20.4 Å². The van der Waals surface area contributed by atoms with Crippen LogP contribution in [0.2, 0.25) is 0 Å². The van der Waals surface area contributed by atoms with Crippen molar-refractivity contribution in [1.29, 1.82) is 0 Å². The molecule has 2 amide bonds. The maximum Gasteiger partial charge on any atom is 0.407 e. The number of amides is 2. The summed E-state index contributed by atoms with van der Waals surface area (Å²) in [7, 11) is 0. The lowest BCUT2D eigenvalue weighted by atomic mass is 10.2. The van der Waals surface area contributed by atoms with Gasteiger partial charge in [0, 0.05) is 25.5 Å². The quantitative estimate of drug-likeness (QED) is 0.688. The summed E-state index contributed by atoms with van der Waals surface area (Å²) in [6, 6.07) is 0. The van der Waals surface area contributed by atoms with Crippen molar-refractivity contribution in [2.24, 2.45) is 0 Å². The lowest BCUT2D eigenvalue weighted by Crippen LogP contribution is -2.38. The molecule has 0 saturated carbocycles. The molecule has 0 bridgehead atoms. The van der Waals surface area contributed by atoms with Crippen LogP contribution in [0, 0.1) is 0 Å². The molecule has 0 unspecified atom stereocenters. The van der Waals surface area contributed by atoms with Gasteiger partial charge in [-0.05, 0) is 20.8 Å². The molecule has 7 heteroatoms. The minimum Gasteiger partial charge on any atom is -0.444 e. The van der Waals surface area contributed by atoms with E-state index < -0.39 is 11.7 Å². The molecule has 0 spiro atoms. The highest BCUT2D eigenvalue weighted by molar-refractivity contribution is 5.90. The van der Waals surface area contributed by atoms with E-state index in [4.69, 9.17) is 4.74 Å². The number of nitrogens with one attached hydrogen (secondary N) is 3. The van der Waals surface area contributed by atoms with Crippen molar-refractivity contribution in [3.05, 3.63) is 18.2 Å². The Morgan fingerprint density at radius 3 is 2.56 bits per heavy atom. The van der Waals surface area contributed by atoms with Crippen LogP contribution in [0.4, 0.5) is 4.79 Å². The third kappa shape index (κ3) is 5.33. The van der Waals surface area contributed by atoms with Crippen LogP contribution in [0.5, 0.6) is 0 Å². The third-order valence-corrected chi connectivity index (χ3v) is 1.79. The van der Waals surface area contributed by atoms with E-state index in [1.807, 2.05) is 0 Å². The molecule has 18 heavy (non-hydrogen) atoms. The van der Waals surface area contributed by atoms with Gasteiger partial charge in [-0.3, -0.25) is 4.79 Å². The minimum absolute atomic E-state index is 0.243. The van der Waals surface area contributed by atoms with Crippen molar-refractivity contribution in [3.8, 4) is 0 Å². The number of hydrogen-bond acceptors (Lipinski definition) is 4. The van der Waals surface area contributed by atoms with E-state index in [0.717, 1.165) is 0 Å². The third-order valence-electron chi connectivity index (χ3n) is 1.79. The molecule has 0 aromatic carbocycles. The highest BCUT2D eigenvalue weighted by Gasteiger charge is 2.15. The zero-order chi connectivity index (χ0) is 13.6. The minimum atomic E-state index is -0.526. The van der Waals surface area contributed by atoms with Gasteiger partial charge in [0.2, 0.25) is 0 Å². The molecule has 7 nitrogen and oxygen atoms in total. The monoisotopic (exact) mass is 254 g/mol. The van der Waals surface area contributed by atoms with Crippen molar-refractivity contribution < 1.29 is 14.3 Å². The topological polar surface area (TPSA) is 96.1 Å².